The number of benzene rings is 1. The maximum absolute atomic E-state index is 11.4. The number of hydrogen-bond acceptors (Lipinski definition) is 5. The molecule has 0 saturated carbocycles. The molecule has 22 heavy (non-hydrogen) atoms. The highest BCUT2D eigenvalue weighted by Crippen LogP contribution is 2.31. The third-order valence-corrected chi connectivity index (χ3v) is 3.84. The summed E-state index contributed by atoms with van der Waals surface area (Å²) >= 11 is 0. The summed E-state index contributed by atoms with van der Waals surface area (Å²) in [7, 11) is 0. The predicted molar refractivity (Wildman–Crippen MR) is 81.0 cm³/mol. The maximum atomic E-state index is 11.4. The Balaban J connectivity index is 2.11. The van der Waals surface area contributed by atoms with Gasteiger partial charge in [0.15, 0.2) is 6.29 Å². The molecule has 122 valence electrons. The quantitative estimate of drug-likeness (QED) is 0.782. The summed E-state index contributed by atoms with van der Waals surface area (Å²) in [6, 6.07) is 9.35. The van der Waals surface area contributed by atoms with Crippen LogP contribution in [0.15, 0.2) is 30.3 Å². The molecule has 5 heteroatoms. The zero-order valence-electron chi connectivity index (χ0n) is 13.0. The lowest BCUT2D eigenvalue weighted by Gasteiger charge is -2.38. The third-order valence-electron chi connectivity index (χ3n) is 3.84. The molecule has 0 aliphatic carbocycles. The summed E-state index contributed by atoms with van der Waals surface area (Å²) in [6.07, 6.45) is -2.03. The molecule has 0 radical (unpaired) electrons. The molecular formula is C17H24O5. The molecule has 0 amide bonds. The monoisotopic (exact) mass is 308 g/mol. The molecule has 2 N–H and O–H groups in total. The highest BCUT2D eigenvalue weighted by Gasteiger charge is 2.40. The molecule has 5 atom stereocenters. The zero-order chi connectivity index (χ0) is 16.1. The van der Waals surface area contributed by atoms with Crippen molar-refractivity contribution in [3.05, 3.63) is 35.9 Å². The normalized spacial score (nSPS) is 28.3. The number of hydrogen-bond donors (Lipinski definition) is 2. The summed E-state index contributed by atoms with van der Waals surface area (Å²) in [6.45, 7) is 4.02. The van der Waals surface area contributed by atoms with Crippen molar-refractivity contribution in [2.75, 3.05) is 6.61 Å². The molecule has 0 bridgehead atoms. The van der Waals surface area contributed by atoms with Gasteiger partial charge in [0.1, 0.15) is 18.5 Å². The average molecular weight is 308 g/mol. The van der Waals surface area contributed by atoms with E-state index >= 15 is 0 Å². The van der Waals surface area contributed by atoms with E-state index in [2.05, 4.69) is 0 Å². The number of rotatable bonds is 6. The van der Waals surface area contributed by atoms with Crippen LogP contribution in [0.25, 0.3) is 0 Å². The Hall–Kier alpha value is -1.27. The standard InChI is InChI=1S/C17H24O5/c1-11(2)8-14(19)13(9-18)16-15(20)10-21-17(22-16)12-6-4-3-5-7-12/h3-7,9,11,13-17,19-20H,8,10H2,1-2H3/t13-,14+,15-,16+,17?/m1/s1. The molecule has 1 fully saturated rings. The van der Waals surface area contributed by atoms with E-state index in [0.29, 0.717) is 12.7 Å². The number of carbonyl (C=O) groups excluding carboxylic acids is 1. The molecule has 0 spiro atoms. The molecule has 1 unspecified atom stereocenters. The largest absolute Gasteiger partial charge is 0.392 e. The average Bonchev–Trinajstić information content (AvgIpc) is 2.50. The molecule has 1 aliphatic rings. The van der Waals surface area contributed by atoms with E-state index in [4.69, 9.17) is 9.47 Å². The van der Waals surface area contributed by atoms with Gasteiger partial charge < -0.3 is 24.5 Å². The van der Waals surface area contributed by atoms with Gasteiger partial charge in [0.2, 0.25) is 0 Å². The Labute approximate surface area is 130 Å². The van der Waals surface area contributed by atoms with Gasteiger partial charge in [0.25, 0.3) is 0 Å². The minimum atomic E-state index is -0.933. The Bertz CT molecular complexity index is 461. The van der Waals surface area contributed by atoms with E-state index in [1.165, 1.54) is 0 Å². The minimum Gasteiger partial charge on any atom is -0.392 e. The zero-order valence-corrected chi connectivity index (χ0v) is 13.0. The smallest absolute Gasteiger partial charge is 0.184 e. The van der Waals surface area contributed by atoms with Crippen molar-refractivity contribution in [1.29, 1.82) is 0 Å². The van der Waals surface area contributed by atoms with E-state index in [-0.39, 0.29) is 12.5 Å². The lowest BCUT2D eigenvalue weighted by atomic mass is 9.88. The fraction of sp³-hybridized carbons (Fsp3) is 0.588. The molecule has 1 aromatic rings. The Morgan fingerprint density at radius 1 is 1.32 bits per heavy atom. The van der Waals surface area contributed by atoms with Crippen molar-refractivity contribution in [3.63, 3.8) is 0 Å². The molecule has 0 aromatic heterocycles. The second-order valence-electron chi connectivity index (χ2n) is 6.15. The first-order chi connectivity index (χ1) is 10.5. The van der Waals surface area contributed by atoms with Crippen LogP contribution in [-0.4, -0.2) is 41.4 Å². The van der Waals surface area contributed by atoms with Gasteiger partial charge in [-0.25, -0.2) is 0 Å². The second-order valence-corrected chi connectivity index (χ2v) is 6.15. The maximum Gasteiger partial charge on any atom is 0.184 e. The first-order valence-electron chi connectivity index (χ1n) is 7.66. The van der Waals surface area contributed by atoms with Gasteiger partial charge in [-0.1, -0.05) is 44.2 Å². The van der Waals surface area contributed by atoms with Crippen LogP contribution in [-0.2, 0) is 14.3 Å². The van der Waals surface area contributed by atoms with Crippen molar-refractivity contribution < 1.29 is 24.5 Å². The highest BCUT2D eigenvalue weighted by atomic mass is 16.7. The fourth-order valence-corrected chi connectivity index (χ4v) is 2.71. The van der Waals surface area contributed by atoms with Crippen LogP contribution in [0.2, 0.25) is 0 Å². The summed E-state index contributed by atoms with van der Waals surface area (Å²) in [5, 5.41) is 20.3. The Morgan fingerprint density at radius 2 is 2.00 bits per heavy atom. The van der Waals surface area contributed by atoms with Crippen LogP contribution in [0.4, 0.5) is 0 Å². The first-order valence-corrected chi connectivity index (χ1v) is 7.66. The lowest BCUT2D eigenvalue weighted by Crippen LogP contribution is -2.49. The molecule has 1 aliphatic heterocycles. The molecular weight excluding hydrogens is 284 g/mol. The van der Waals surface area contributed by atoms with Crippen molar-refractivity contribution in [2.24, 2.45) is 11.8 Å². The first kappa shape index (κ1) is 17.1. The number of aldehydes is 1. The van der Waals surface area contributed by atoms with Crippen LogP contribution in [0.5, 0.6) is 0 Å². The van der Waals surface area contributed by atoms with Gasteiger partial charge in [-0.15, -0.1) is 0 Å². The molecule has 5 nitrogen and oxygen atoms in total. The number of aliphatic hydroxyl groups is 2. The molecule has 2 rings (SSSR count). The lowest BCUT2D eigenvalue weighted by molar-refractivity contribution is -0.271. The summed E-state index contributed by atoms with van der Waals surface area (Å²) < 4.78 is 11.3. The topological polar surface area (TPSA) is 76.0 Å². The van der Waals surface area contributed by atoms with Gasteiger partial charge in [-0.2, -0.15) is 0 Å². The predicted octanol–water partition coefficient (Wildman–Crippen LogP) is 1.68. The van der Waals surface area contributed by atoms with Gasteiger partial charge >= 0.3 is 0 Å². The van der Waals surface area contributed by atoms with Crippen LogP contribution < -0.4 is 0 Å². The van der Waals surface area contributed by atoms with Crippen LogP contribution >= 0.6 is 0 Å². The van der Waals surface area contributed by atoms with E-state index in [9.17, 15) is 15.0 Å². The van der Waals surface area contributed by atoms with Crippen molar-refractivity contribution in [2.45, 2.75) is 44.9 Å². The van der Waals surface area contributed by atoms with Gasteiger partial charge in [-0.3, -0.25) is 0 Å². The fourth-order valence-electron chi connectivity index (χ4n) is 2.71. The van der Waals surface area contributed by atoms with E-state index < -0.39 is 30.5 Å². The molecule has 1 aromatic carbocycles. The van der Waals surface area contributed by atoms with Crippen molar-refractivity contribution in [3.8, 4) is 0 Å². The van der Waals surface area contributed by atoms with Crippen LogP contribution in [0.1, 0.15) is 32.1 Å². The highest BCUT2D eigenvalue weighted by molar-refractivity contribution is 5.55. The van der Waals surface area contributed by atoms with Crippen LogP contribution in [0.3, 0.4) is 0 Å². The number of carbonyl (C=O) groups is 1. The third kappa shape index (κ3) is 4.14. The van der Waals surface area contributed by atoms with E-state index in [1.807, 2.05) is 44.2 Å². The SMILES string of the molecule is CC(C)C[C@H](O)[C@@H](C=O)[C@@H]1OC(c2ccccc2)OC[C@H]1O. The number of aliphatic hydroxyl groups excluding tert-OH is 2. The summed E-state index contributed by atoms with van der Waals surface area (Å²) in [5.41, 5.74) is 0.822. The van der Waals surface area contributed by atoms with E-state index in [1.54, 1.807) is 0 Å². The Morgan fingerprint density at radius 3 is 2.59 bits per heavy atom. The molecule has 1 heterocycles. The summed E-state index contributed by atoms with van der Waals surface area (Å²) in [4.78, 5) is 11.4. The van der Waals surface area contributed by atoms with Crippen molar-refractivity contribution >= 4 is 6.29 Å². The van der Waals surface area contributed by atoms with Gasteiger partial charge in [0, 0.05) is 5.56 Å². The van der Waals surface area contributed by atoms with Crippen molar-refractivity contribution in [1.82, 2.24) is 0 Å². The van der Waals surface area contributed by atoms with E-state index in [0.717, 1.165) is 5.56 Å². The minimum absolute atomic E-state index is 0.0724. The molecule has 1 saturated heterocycles. The van der Waals surface area contributed by atoms with Crippen LogP contribution in [0, 0.1) is 11.8 Å². The van der Waals surface area contributed by atoms with Gasteiger partial charge in [0.05, 0.1) is 18.6 Å². The number of ether oxygens (including phenoxy) is 2. The Kier molecular flexibility index (Phi) is 6.08. The summed E-state index contributed by atoms with van der Waals surface area (Å²) in [5.74, 6) is -0.521. The second kappa shape index (κ2) is 7.83. The van der Waals surface area contributed by atoms with Gasteiger partial charge in [-0.05, 0) is 12.3 Å².